The van der Waals surface area contributed by atoms with Crippen molar-refractivity contribution in [1.82, 2.24) is 10.6 Å². The van der Waals surface area contributed by atoms with Gasteiger partial charge in [-0.25, -0.2) is 0 Å². The van der Waals surface area contributed by atoms with Gasteiger partial charge in [-0.05, 0) is 37.5 Å². The first-order chi connectivity index (χ1) is 11.7. The minimum Gasteiger partial charge on any atom is -0.376 e. The van der Waals surface area contributed by atoms with Gasteiger partial charge in [0, 0.05) is 23.8 Å². The van der Waals surface area contributed by atoms with Crippen LogP contribution in [0.15, 0.2) is 24.3 Å². The molecule has 0 saturated heterocycles. The Morgan fingerprint density at radius 2 is 1.96 bits per heavy atom. The number of anilines is 1. The summed E-state index contributed by atoms with van der Waals surface area (Å²) < 4.78 is 0. The van der Waals surface area contributed by atoms with Crippen LogP contribution < -0.4 is 16.0 Å². The standard InChI is InChI=1S/C19H29N3O2/c1-2-3-12-20-19(24)15-8-7-11-17(13-15)21-14-18(23)22-16-9-5-4-6-10-16/h7-8,11,13,16,21H,2-6,9-10,12,14H2,1H3,(H,20,24)(H,22,23). The van der Waals surface area contributed by atoms with Crippen LogP contribution >= 0.6 is 0 Å². The van der Waals surface area contributed by atoms with Gasteiger partial charge in [0.05, 0.1) is 6.54 Å². The Morgan fingerprint density at radius 3 is 2.71 bits per heavy atom. The quantitative estimate of drug-likeness (QED) is 0.641. The molecular formula is C19H29N3O2. The van der Waals surface area contributed by atoms with E-state index in [0.717, 1.165) is 31.4 Å². The van der Waals surface area contributed by atoms with Crippen molar-refractivity contribution in [1.29, 1.82) is 0 Å². The summed E-state index contributed by atoms with van der Waals surface area (Å²) in [6.45, 7) is 3.02. The number of carbonyl (C=O) groups excluding carboxylic acids is 2. The molecular weight excluding hydrogens is 302 g/mol. The highest BCUT2D eigenvalue weighted by atomic mass is 16.2. The fraction of sp³-hybridized carbons (Fsp3) is 0.579. The molecule has 1 aromatic rings. The molecule has 24 heavy (non-hydrogen) atoms. The van der Waals surface area contributed by atoms with Crippen LogP contribution in [0.3, 0.4) is 0 Å². The van der Waals surface area contributed by atoms with E-state index in [1.54, 1.807) is 12.1 Å². The Bertz CT molecular complexity index is 539. The van der Waals surface area contributed by atoms with Gasteiger partial charge >= 0.3 is 0 Å². The van der Waals surface area contributed by atoms with Gasteiger partial charge in [0.15, 0.2) is 0 Å². The van der Waals surface area contributed by atoms with Gasteiger partial charge in [-0.2, -0.15) is 0 Å². The third-order valence-electron chi connectivity index (χ3n) is 4.36. The summed E-state index contributed by atoms with van der Waals surface area (Å²) in [5, 5.41) is 9.08. The summed E-state index contributed by atoms with van der Waals surface area (Å²) in [5.41, 5.74) is 1.40. The van der Waals surface area contributed by atoms with E-state index in [-0.39, 0.29) is 18.4 Å². The van der Waals surface area contributed by atoms with Crippen molar-refractivity contribution in [3.05, 3.63) is 29.8 Å². The monoisotopic (exact) mass is 331 g/mol. The highest BCUT2D eigenvalue weighted by molar-refractivity contribution is 5.95. The first-order valence-corrected chi connectivity index (χ1v) is 9.10. The average molecular weight is 331 g/mol. The summed E-state index contributed by atoms with van der Waals surface area (Å²) in [6.07, 6.45) is 7.88. The molecule has 0 heterocycles. The van der Waals surface area contributed by atoms with Crippen LogP contribution in [-0.2, 0) is 4.79 Å². The van der Waals surface area contributed by atoms with Crippen LogP contribution in [-0.4, -0.2) is 30.9 Å². The summed E-state index contributed by atoms with van der Waals surface area (Å²) in [4.78, 5) is 24.1. The number of rotatable bonds is 8. The predicted molar refractivity (Wildman–Crippen MR) is 97.2 cm³/mol. The minimum absolute atomic E-state index is 0.0136. The Hall–Kier alpha value is -2.04. The summed E-state index contributed by atoms with van der Waals surface area (Å²) in [7, 11) is 0. The molecule has 1 fully saturated rings. The lowest BCUT2D eigenvalue weighted by atomic mass is 9.95. The molecule has 1 aliphatic carbocycles. The molecule has 5 nitrogen and oxygen atoms in total. The van der Waals surface area contributed by atoms with Crippen LogP contribution in [0.25, 0.3) is 0 Å². The van der Waals surface area contributed by atoms with Gasteiger partial charge < -0.3 is 16.0 Å². The molecule has 0 atom stereocenters. The van der Waals surface area contributed by atoms with E-state index in [1.807, 2.05) is 12.1 Å². The molecule has 2 amide bonds. The molecule has 1 aliphatic rings. The molecule has 2 rings (SSSR count). The molecule has 5 heteroatoms. The van der Waals surface area contributed by atoms with Crippen molar-refractivity contribution in [2.24, 2.45) is 0 Å². The van der Waals surface area contributed by atoms with E-state index in [1.165, 1.54) is 19.3 Å². The molecule has 1 aromatic carbocycles. The number of benzene rings is 1. The van der Waals surface area contributed by atoms with E-state index >= 15 is 0 Å². The third-order valence-corrected chi connectivity index (χ3v) is 4.36. The number of hydrogen-bond acceptors (Lipinski definition) is 3. The van der Waals surface area contributed by atoms with Gasteiger partial charge in [0.2, 0.25) is 5.91 Å². The lowest BCUT2D eigenvalue weighted by Crippen LogP contribution is -2.39. The predicted octanol–water partition coefficient (Wildman–Crippen LogP) is 3.08. The van der Waals surface area contributed by atoms with Crippen LogP contribution in [0, 0.1) is 0 Å². The van der Waals surface area contributed by atoms with Gasteiger partial charge in [-0.1, -0.05) is 38.7 Å². The van der Waals surface area contributed by atoms with E-state index < -0.39 is 0 Å². The lowest BCUT2D eigenvalue weighted by molar-refractivity contribution is -0.120. The van der Waals surface area contributed by atoms with Crippen LogP contribution in [0.2, 0.25) is 0 Å². The van der Waals surface area contributed by atoms with Crippen molar-refractivity contribution in [2.75, 3.05) is 18.4 Å². The highest BCUT2D eigenvalue weighted by Gasteiger charge is 2.15. The van der Waals surface area contributed by atoms with Crippen molar-refractivity contribution < 1.29 is 9.59 Å². The number of hydrogen-bond donors (Lipinski definition) is 3. The van der Waals surface area contributed by atoms with E-state index in [9.17, 15) is 9.59 Å². The number of unbranched alkanes of at least 4 members (excludes halogenated alkanes) is 1. The first kappa shape index (κ1) is 18.3. The van der Waals surface area contributed by atoms with Gasteiger partial charge in [0.1, 0.15) is 0 Å². The zero-order chi connectivity index (χ0) is 17.2. The second-order valence-electron chi connectivity index (χ2n) is 6.45. The summed E-state index contributed by atoms with van der Waals surface area (Å²) in [5.74, 6) is -0.0570. The number of amides is 2. The lowest BCUT2D eigenvalue weighted by Gasteiger charge is -2.22. The van der Waals surface area contributed by atoms with Crippen molar-refractivity contribution >= 4 is 17.5 Å². The molecule has 0 aromatic heterocycles. The van der Waals surface area contributed by atoms with Gasteiger partial charge in [-0.15, -0.1) is 0 Å². The Morgan fingerprint density at radius 1 is 1.17 bits per heavy atom. The second kappa shape index (κ2) is 9.96. The topological polar surface area (TPSA) is 70.2 Å². The summed E-state index contributed by atoms with van der Waals surface area (Å²) >= 11 is 0. The fourth-order valence-corrected chi connectivity index (χ4v) is 2.96. The maximum Gasteiger partial charge on any atom is 0.251 e. The molecule has 1 saturated carbocycles. The van der Waals surface area contributed by atoms with Crippen LogP contribution in [0.5, 0.6) is 0 Å². The van der Waals surface area contributed by atoms with Gasteiger partial charge in [0.25, 0.3) is 5.91 Å². The Balaban J connectivity index is 1.78. The molecule has 3 N–H and O–H groups in total. The zero-order valence-corrected chi connectivity index (χ0v) is 14.6. The van der Waals surface area contributed by atoms with Crippen molar-refractivity contribution in [2.45, 2.75) is 57.9 Å². The molecule has 0 aliphatic heterocycles. The molecule has 132 valence electrons. The van der Waals surface area contributed by atoms with Crippen molar-refractivity contribution in [3.63, 3.8) is 0 Å². The number of carbonyl (C=O) groups is 2. The molecule has 0 spiro atoms. The van der Waals surface area contributed by atoms with Crippen LogP contribution in [0.1, 0.15) is 62.2 Å². The summed E-state index contributed by atoms with van der Waals surface area (Å²) in [6, 6.07) is 7.60. The first-order valence-electron chi connectivity index (χ1n) is 9.10. The normalized spacial score (nSPS) is 14.9. The molecule has 0 bridgehead atoms. The maximum atomic E-state index is 12.1. The second-order valence-corrected chi connectivity index (χ2v) is 6.45. The average Bonchev–Trinajstić information content (AvgIpc) is 2.61. The highest BCUT2D eigenvalue weighted by Crippen LogP contribution is 2.17. The minimum atomic E-state index is -0.0706. The van der Waals surface area contributed by atoms with Crippen molar-refractivity contribution in [3.8, 4) is 0 Å². The maximum absolute atomic E-state index is 12.1. The third kappa shape index (κ3) is 6.22. The largest absolute Gasteiger partial charge is 0.376 e. The van der Waals surface area contributed by atoms with Gasteiger partial charge in [-0.3, -0.25) is 9.59 Å². The fourth-order valence-electron chi connectivity index (χ4n) is 2.96. The van der Waals surface area contributed by atoms with E-state index in [4.69, 9.17) is 0 Å². The Kier molecular flexibility index (Phi) is 7.59. The molecule has 0 unspecified atom stereocenters. The number of nitrogens with one attached hydrogen (secondary N) is 3. The Labute approximate surface area is 144 Å². The van der Waals surface area contributed by atoms with E-state index in [0.29, 0.717) is 18.2 Å². The zero-order valence-electron chi connectivity index (χ0n) is 14.6. The van der Waals surface area contributed by atoms with Crippen LogP contribution in [0.4, 0.5) is 5.69 Å². The smallest absolute Gasteiger partial charge is 0.251 e. The SMILES string of the molecule is CCCCNC(=O)c1cccc(NCC(=O)NC2CCCCC2)c1. The molecule has 0 radical (unpaired) electrons. The van der Waals surface area contributed by atoms with E-state index in [2.05, 4.69) is 22.9 Å².